The summed E-state index contributed by atoms with van der Waals surface area (Å²) in [7, 11) is 0. The standard InChI is InChI=1S/C5H8N2O2/c1-2-9-4-5(8)3-7-6/h3H,2,4H2,1H3. The lowest BCUT2D eigenvalue weighted by molar-refractivity contribution is -0.120. The number of ether oxygens (including phenoxy) is 1. The Morgan fingerprint density at radius 1 is 1.89 bits per heavy atom. The topological polar surface area (TPSA) is 62.7 Å². The van der Waals surface area contributed by atoms with Crippen molar-refractivity contribution in [1.82, 2.24) is 0 Å². The molecule has 0 aromatic carbocycles. The molecule has 0 atom stereocenters. The third-order valence-corrected chi connectivity index (χ3v) is 0.650. The van der Waals surface area contributed by atoms with Crippen molar-refractivity contribution in [3.05, 3.63) is 5.53 Å². The largest absolute Gasteiger partial charge is 0.373 e. The van der Waals surface area contributed by atoms with Gasteiger partial charge in [0, 0.05) is 6.61 Å². The first-order valence-electron chi connectivity index (χ1n) is 2.59. The minimum absolute atomic E-state index is 0.0133. The number of ketones is 1. The van der Waals surface area contributed by atoms with Crippen molar-refractivity contribution >= 4 is 12.0 Å². The molecule has 9 heavy (non-hydrogen) atoms. The van der Waals surface area contributed by atoms with E-state index >= 15 is 0 Å². The average molecular weight is 128 g/mol. The zero-order valence-corrected chi connectivity index (χ0v) is 5.20. The molecule has 0 aromatic rings. The summed E-state index contributed by atoms with van der Waals surface area (Å²) in [5.41, 5.74) is 7.83. The van der Waals surface area contributed by atoms with Crippen LogP contribution in [0.5, 0.6) is 0 Å². The van der Waals surface area contributed by atoms with E-state index in [1.54, 1.807) is 6.92 Å². The lowest BCUT2D eigenvalue weighted by Crippen LogP contribution is -2.09. The number of hydrogen-bond donors (Lipinski definition) is 0. The predicted octanol–water partition coefficient (Wildman–Crippen LogP) is -0.107. The van der Waals surface area contributed by atoms with Crippen LogP contribution >= 0.6 is 0 Å². The van der Waals surface area contributed by atoms with Crippen LogP contribution in [0.3, 0.4) is 0 Å². The summed E-state index contributed by atoms with van der Waals surface area (Å²) in [5.74, 6) is -0.334. The third-order valence-electron chi connectivity index (χ3n) is 0.650. The highest BCUT2D eigenvalue weighted by atomic mass is 16.5. The molecule has 0 saturated heterocycles. The first-order valence-corrected chi connectivity index (χ1v) is 2.59. The van der Waals surface area contributed by atoms with E-state index in [1.807, 2.05) is 0 Å². The minimum atomic E-state index is -0.334. The lowest BCUT2D eigenvalue weighted by atomic mass is 10.5. The van der Waals surface area contributed by atoms with Crippen molar-refractivity contribution < 1.29 is 14.3 Å². The first kappa shape index (κ1) is 8.01. The Kier molecular flexibility index (Phi) is 4.59. The van der Waals surface area contributed by atoms with Gasteiger partial charge in [-0.25, -0.2) is 0 Å². The summed E-state index contributed by atoms with van der Waals surface area (Å²) < 4.78 is 4.70. The van der Waals surface area contributed by atoms with Gasteiger partial charge in [-0.15, -0.1) is 0 Å². The van der Waals surface area contributed by atoms with E-state index in [1.165, 1.54) is 0 Å². The molecule has 0 bridgehead atoms. The number of rotatable bonds is 4. The van der Waals surface area contributed by atoms with Crippen LogP contribution in [0.1, 0.15) is 6.92 Å². The summed E-state index contributed by atoms with van der Waals surface area (Å²) in [4.78, 5) is 12.9. The van der Waals surface area contributed by atoms with Gasteiger partial charge in [-0.2, -0.15) is 4.79 Å². The second kappa shape index (κ2) is 5.15. The number of hydrogen-bond acceptors (Lipinski definition) is 2. The smallest absolute Gasteiger partial charge is 0.325 e. The van der Waals surface area contributed by atoms with Crippen LogP contribution < -0.4 is 0 Å². The highest BCUT2D eigenvalue weighted by molar-refractivity contribution is 6.25. The van der Waals surface area contributed by atoms with Crippen molar-refractivity contribution in [2.75, 3.05) is 13.2 Å². The molecule has 0 N–H and O–H groups in total. The number of carbonyl (C=O) groups excluding carboxylic acids is 1. The molecule has 0 amide bonds. The average Bonchev–Trinajstić information content (AvgIpc) is 1.85. The van der Waals surface area contributed by atoms with Crippen LogP contribution in [0.25, 0.3) is 5.53 Å². The van der Waals surface area contributed by atoms with Gasteiger partial charge in [-0.3, -0.25) is 4.79 Å². The summed E-state index contributed by atoms with van der Waals surface area (Å²) >= 11 is 0. The molecule has 4 nitrogen and oxygen atoms in total. The molecule has 0 aromatic heterocycles. The van der Waals surface area contributed by atoms with Crippen molar-refractivity contribution in [3.63, 3.8) is 0 Å². The maximum absolute atomic E-state index is 10.4. The summed E-state index contributed by atoms with van der Waals surface area (Å²) in [5, 5.41) is 0. The quantitative estimate of drug-likeness (QED) is 0.301. The second-order valence-corrected chi connectivity index (χ2v) is 1.35. The molecule has 50 valence electrons. The van der Waals surface area contributed by atoms with Crippen LogP contribution in [-0.4, -0.2) is 30.0 Å². The van der Waals surface area contributed by atoms with Crippen LogP contribution in [0, 0.1) is 0 Å². The molecule has 0 aliphatic heterocycles. The molecular weight excluding hydrogens is 120 g/mol. The molecule has 4 heteroatoms. The highest BCUT2D eigenvalue weighted by Crippen LogP contribution is 1.71. The van der Waals surface area contributed by atoms with E-state index in [0.29, 0.717) is 6.61 Å². The molecule has 0 unspecified atom stereocenters. The van der Waals surface area contributed by atoms with Gasteiger partial charge >= 0.3 is 6.21 Å². The zero-order valence-electron chi connectivity index (χ0n) is 5.20. The molecule has 0 fully saturated rings. The molecule has 0 spiro atoms. The highest BCUT2D eigenvalue weighted by Gasteiger charge is 1.99. The van der Waals surface area contributed by atoms with Gasteiger partial charge in [-0.1, -0.05) is 0 Å². The molecule has 0 radical (unpaired) electrons. The Morgan fingerprint density at radius 3 is 3.00 bits per heavy atom. The van der Waals surface area contributed by atoms with Gasteiger partial charge < -0.3 is 10.3 Å². The van der Waals surface area contributed by atoms with E-state index in [2.05, 4.69) is 4.79 Å². The van der Waals surface area contributed by atoms with Crippen LogP contribution in [0.15, 0.2) is 0 Å². The molecule has 0 heterocycles. The van der Waals surface area contributed by atoms with Gasteiger partial charge in [0.15, 0.2) is 0 Å². The first-order chi connectivity index (χ1) is 4.31. The van der Waals surface area contributed by atoms with Crippen molar-refractivity contribution in [1.29, 1.82) is 0 Å². The molecule has 0 aliphatic rings. The van der Waals surface area contributed by atoms with E-state index in [-0.39, 0.29) is 12.4 Å². The van der Waals surface area contributed by atoms with Gasteiger partial charge in [-0.05, 0) is 6.92 Å². The minimum Gasteiger partial charge on any atom is -0.373 e. The Morgan fingerprint density at radius 2 is 2.56 bits per heavy atom. The number of nitrogens with zero attached hydrogens (tertiary/aromatic N) is 2. The van der Waals surface area contributed by atoms with Crippen molar-refractivity contribution in [2.45, 2.75) is 6.92 Å². The Bertz CT molecular complexity index is 138. The van der Waals surface area contributed by atoms with E-state index in [0.717, 1.165) is 6.21 Å². The Labute approximate surface area is 53.1 Å². The van der Waals surface area contributed by atoms with E-state index < -0.39 is 0 Å². The van der Waals surface area contributed by atoms with Gasteiger partial charge in [0.2, 0.25) is 0 Å². The van der Waals surface area contributed by atoms with E-state index in [4.69, 9.17) is 10.3 Å². The number of Topliss-reactive ketones (excluding diaryl/α,β-unsaturated/α-hetero) is 1. The fourth-order valence-electron chi connectivity index (χ4n) is 0.304. The predicted molar refractivity (Wildman–Crippen MR) is 31.2 cm³/mol. The molecule has 0 saturated carbocycles. The van der Waals surface area contributed by atoms with Crippen LogP contribution in [0.4, 0.5) is 0 Å². The number of carbonyl (C=O) groups is 1. The second-order valence-electron chi connectivity index (χ2n) is 1.35. The summed E-state index contributed by atoms with van der Waals surface area (Å²) in [6.45, 7) is 2.26. The van der Waals surface area contributed by atoms with Crippen LogP contribution in [0.2, 0.25) is 0 Å². The van der Waals surface area contributed by atoms with Crippen molar-refractivity contribution in [2.24, 2.45) is 0 Å². The van der Waals surface area contributed by atoms with Gasteiger partial charge in [0.1, 0.15) is 6.61 Å². The maximum Gasteiger partial charge on any atom is 0.325 e. The SMILES string of the molecule is CCOCC(=O)C=[N+]=[N-]. The molecule has 0 rings (SSSR count). The summed E-state index contributed by atoms with van der Waals surface area (Å²) in [6, 6.07) is 0. The van der Waals surface area contributed by atoms with E-state index in [9.17, 15) is 4.79 Å². The third kappa shape index (κ3) is 4.87. The monoisotopic (exact) mass is 128 g/mol. The Balaban J connectivity index is 3.39. The fourth-order valence-corrected chi connectivity index (χ4v) is 0.304. The van der Waals surface area contributed by atoms with Gasteiger partial charge in [0.05, 0.1) is 0 Å². The van der Waals surface area contributed by atoms with Crippen molar-refractivity contribution in [3.8, 4) is 0 Å². The molecule has 0 aliphatic carbocycles. The normalized spacial score (nSPS) is 8.11. The fraction of sp³-hybridized carbons (Fsp3) is 0.600. The maximum atomic E-state index is 10.4. The summed E-state index contributed by atoms with van der Waals surface area (Å²) in [6.07, 6.45) is 0.815. The lowest BCUT2D eigenvalue weighted by Gasteiger charge is -1.89. The Hall–Kier alpha value is -0.990. The molecular formula is C5H8N2O2. The zero-order chi connectivity index (χ0) is 7.11. The van der Waals surface area contributed by atoms with Crippen LogP contribution in [-0.2, 0) is 9.53 Å². The van der Waals surface area contributed by atoms with Gasteiger partial charge in [0.25, 0.3) is 5.78 Å².